The van der Waals surface area contributed by atoms with Crippen molar-refractivity contribution in [2.24, 2.45) is 0 Å². The lowest BCUT2D eigenvalue weighted by Gasteiger charge is -2.00. The first-order valence-corrected chi connectivity index (χ1v) is 8.16. The number of Topliss-reactive ketones (excluding diaryl/α,β-unsaturated/α-hetero) is 1. The van der Waals surface area contributed by atoms with Gasteiger partial charge in [-0.1, -0.05) is 18.2 Å². The number of esters is 1. The molecular weight excluding hydrogens is 326 g/mol. The van der Waals surface area contributed by atoms with Crippen LogP contribution < -0.4 is 0 Å². The van der Waals surface area contributed by atoms with Crippen molar-refractivity contribution in [2.75, 3.05) is 0 Å². The van der Waals surface area contributed by atoms with E-state index in [4.69, 9.17) is 9.15 Å². The van der Waals surface area contributed by atoms with E-state index in [1.165, 1.54) is 6.92 Å². The van der Waals surface area contributed by atoms with Gasteiger partial charge in [-0.15, -0.1) is 11.3 Å². The first-order chi connectivity index (χ1) is 11.5. The molecule has 0 radical (unpaired) electrons. The van der Waals surface area contributed by atoms with E-state index in [0.29, 0.717) is 27.1 Å². The van der Waals surface area contributed by atoms with Crippen molar-refractivity contribution in [1.29, 1.82) is 0 Å². The maximum atomic E-state index is 12.1. The van der Waals surface area contributed by atoms with Gasteiger partial charge in [-0.05, 0) is 38.1 Å². The lowest BCUT2D eigenvalue weighted by Crippen LogP contribution is -2.04. The van der Waals surface area contributed by atoms with E-state index >= 15 is 0 Å². The summed E-state index contributed by atoms with van der Waals surface area (Å²) in [6.45, 7) is 3.26. The highest BCUT2D eigenvalue weighted by molar-refractivity contribution is 7.15. The second-order valence-corrected chi connectivity index (χ2v) is 6.27. The first kappa shape index (κ1) is 16.1. The smallest absolute Gasteiger partial charge is 0.348 e. The number of thiophene rings is 1. The molecule has 0 N–H and O–H groups in total. The zero-order chi connectivity index (χ0) is 17.1. The molecule has 0 aliphatic heterocycles. The molecule has 1 aromatic carbocycles. The summed E-state index contributed by atoms with van der Waals surface area (Å²) < 4.78 is 10.9. The van der Waals surface area contributed by atoms with E-state index in [2.05, 4.69) is 4.98 Å². The Morgan fingerprint density at radius 1 is 1.12 bits per heavy atom. The Kier molecular flexibility index (Phi) is 4.57. The minimum absolute atomic E-state index is 0.0221. The van der Waals surface area contributed by atoms with Gasteiger partial charge in [0.15, 0.2) is 5.78 Å². The van der Waals surface area contributed by atoms with Gasteiger partial charge in [-0.3, -0.25) is 4.79 Å². The number of carbonyl (C=O) groups is 2. The van der Waals surface area contributed by atoms with Gasteiger partial charge < -0.3 is 9.15 Å². The number of ketones is 1. The van der Waals surface area contributed by atoms with Crippen molar-refractivity contribution in [3.05, 3.63) is 63.7 Å². The second kappa shape index (κ2) is 6.80. The topological polar surface area (TPSA) is 69.4 Å². The Labute approximate surface area is 142 Å². The molecule has 5 nitrogen and oxygen atoms in total. The highest BCUT2D eigenvalue weighted by atomic mass is 32.1. The Morgan fingerprint density at radius 2 is 1.83 bits per heavy atom. The van der Waals surface area contributed by atoms with Crippen LogP contribution in [-0.4, -0.2) is 16.7 Å². The van der Waals surface area contributed by atoms with Crippen molar-refractivity contribution in [3.8, 4) is 11.5 Å². The molecule has 0 aliphatic carbocycles. The van der Waals surface area contributed by atoms with Crippen molar-refractivity contribution in [3.63, 3.8) is 0 Å². The third-order valence-electron chi connectivity index (χ3n) is 3.41. The lowest BCUT2D eigenvalue weighted by atomic mass is 10.2. The fraction of sp³-hybridized carbons (Fsp3) is 0.167. The van der Waals surface area contributed by atoms with E-state index in [1.807, 2.05) is 30.3 Å². The van der Waals surface area contributed by atoms with E-state index < -0.39 is 5.97 Å². The predicted molar refractivity (Wildman–Crippen MR) is 90.1 cm³/mol. The number of ether oxygens (including phenoxy) is 1. The minimum Gasteiger partial charge on any atom is -0.455 e. The first-order valence-electron chi connectivity index (χ1n) is 7.34. The third-order valence-corrected chi connectivity index (χ3v) is 4.57. The van der Waals surface area contributed by atoms with E-state index in [9.17, 15) is 9.59 Å². The Morgan fingerprint density at radius 3 is 2.50 bits per heavy atom. The van der Waals surface area contributed by atoms with Crippen LogP contribution in [0.15, 0.2) is 46.9 Å². The highest BCUT2D eigenvalue weighted by Gasteiger charge is 2.16. The molecule has 0 saturated heterocycles. The lowest BCUT2D eigenvalue weighted by molar-refractivity contribution is 0.0472. The number of oxazole rings is 1. The molecule has 0 spiro atoms. The summed E-state index contributed by atoms with van der Waals surface area (Å²) in [4.78, 5) is 28.7. The molecule has 0 aliphatic rings. The van der Waals surface area contributed by atoms with Crippen LogP contribution in [-0.2, 0) is 11.3 Å². The van der Waals surface area contributed by atoms with Crippen LogP contribution in [0.25, 0.3) is 11.5 Å². The summed E-state index contributed by atoms with van der Waals surface area (Å²) in [5.41, 5.74) is 1.44. The molecule has 3 rings (SSSR count). The average molecular weight is 341 g/mol. The summed E-state index contributed by atoms with van der Waals surface area (Å²) in [7, 11) is 0. The quantitative estimate of drug-likeness (QED) is 0.512. The Balaban J connectivity index is 1.69. The third kappa shape index (κ3) is 3.44. The highest BCUT2D eigenvalue weighted by Crippen LogP contribution is 2.23. The number of hydrogen-bond donors (Lipinski definition) is 0. The number of carbonyl (C=O) groups excluding carboxylic acids is 2. The van der Waals surface area contributed by atoms with Crippen molar-refractivity contribution in [2.45, 2.75) is 20.5 Å². The summed E-state index contributed by atoms with van der Waals surface area (Å²) in [5.74, 6) is 0.557. The van der Waals surface area contributed by atoms with Gasteiger partial charge in [-0.25, -0.2) is 9.78 Å². The maximum absolute atomic E-state index is 12.1. The van der Waals surface area contributed by atoms with E-state index in [0.717, 1.165) is 16.9 Å². The van der Waals surface area contributed by atoms with Crippen LogP contribution in [0.3, 0.4) is 0 Å². The fourth-order valence-electron chi connectivity index (χ4n) is 2.11. The largest absolute Gasteiger partial charge is 0.455 e. The molecule has 2 heterocycles. The molecule has 0 fully saturated rings. The van der Waals surface area contributed by atoms with Crippen LogP contribution in [0.4, 0.5) is 0 Å². The molecule has 122 valence electrons. The molecule has 3 aromatic rings. The summed E-state index contributed by atoms with van der Waals surface area (Å²) in [5, 5.41) is 0. The van der Waals surface area contributed by atoms with Crippen molar-refractivity contribution in [1.82, 2.24) is 4.98 Å². The molecule has 0 saturated carbocycles. The molecule has 6 heteroatoms. The summed E-state index contributed by atoms with van der Waals surface area (Å²) in [6.07, 6.45) is 0. The average Bonchev–Trinajstić information content (AvgIpc) is 3.21. The minimum atomic E-state index is -0.476. The predicted octanol–water partition coefficient (Wildman–Crippen LogP) is 4.27. The monoisotopic (exact) mass is 341 g/mol. The van der Waals surface area contributed by atoms with Crippen molar-refractivity contribution < 1.29 is 18.7 Å². The van der Waals surface area contributed by atoms with Crippen LogP contribution in [0.1, 0.15) is 37.7 Å². The molecule has 24 heavy (non-hydrogen) atoms. The van der Waals surface area contributed by atoms with Gasteiger partial charge in [0.25, 0.3) is 0 Å². The van der Waals surface area contributed by atoms with E-state index in [1.54, 1.807) is 19.1 Å². The van der Waals surface area contributed by atoms with Gasteiger partial charge in [0, 0.05) is 5.56 Å². The maximum Gasteiger partial charge on any atom is 0.348 e. The number of rotatable bonds is 5. The number of aryl methyl sites for hydroxylation is 1. The molecule has 0 atom stereocenters. The van der Waals surface area contributed by atoms with Crippen LogP contribution >= 0.6 is 11.3 Å². The van der Waals surface area contributed by atoms with Gasteiger partial charge in [-0.2, -0.15) is 0 Å². The standard InChI is InChI=1S/C18H15NO4S/c1-11(20)15-8-9-16(24-15)18(21)22-10-14-12(2)23-17(19-14)13-6-4-3-5-7-13/h3-9H,10H2,1-2H3. The number of aromatic nitrogens is 1. The molecule has 0 bridgehead atoms. The van der Waals surface area contributed by atoms with Crippen LogP contribution in [0.5, 0.6) is 0 Å². The van der Waals surface area contributed by atoms with Gasteiger partial charge >= 0.3 is 5.97 Å². The molecule has 2 aromatic heterocycles. The summed E-state index contributed by atoms with van der Waals surface area (Å²) >= 11 is 1.12. The normalized spacial score (nSPS) is 10.6. The molecule has 0 unspecified atom stereocenters. The van der Waals surface area contributed by atoms with Gasteiger partial charge in [0.1, 0.15) is 22.9 Å². The summed E-state index contributed by atoms with van der Waals surface area (Å²) in [6, 6.07) is 12.7. The number of benzene rings is 1. The zero-order valence-electron chi connectivity index (χ0n) is 13.2. The zero-order valence-corrected chi connectivity index (χ0v) is 14.1. The van der Waals surface area contributed by atoms with Gasteiger partial charge in [0.05, 0.1) is 4.88 Å². The molecular formula is C18H15NO4S. The van der Waals surface area contributed by atoms with E-state index in [-0.39, 0.29) is 12.4 Å². The Bertz CT molecular complexity index is 880. The number of nitrogens with zero attached hydrogens (tertiary/aromatic N) is 1. The van der Waals surface area contributed by atoms with Crippen LogP contribution in [0.2, 0.25) is 0 Å². The Hall–Kier alpha value is -2.73. The second-order valence-electron chi connectivity index (χ2n) is 5.18. The van der Waals surface area contributed by atoms with Crippen LogP contribution in [0, 0.1) is 6.92 Å². The SMILES string of the molecule is CC(=O)c1ccc(C(=O)OCc2nc(-c3ccccc3)oc2C)s1. The number of hydrogen-bond acceptors (Lipinski definition) is 6. The fourth-order valence-corrected chi connectivity index (χ4v) is 2.90. The van der Waals surface area contributed by atoms with Crippen molar-refractivity contribution >= 4 is 23.1 Å². The molecule has 0 amide bonds. The van der Waals surface area contributed by atoms with Gasteiger partial charge in [0.2, 0.25) is 5.89 Å².